The van der Waals surface area contributed by atoms with Crippen LogP contribution in [0.25, 0.3) is 24.3 Å². The molecular weight excluding hydrogens is 648 g/mol. The van der Waals surface area contributed by atoms with Gasteiger partial charge in [0.05, 0.1) is 44.1 Å². The van der Waals surface area contributed by atoms with Gasteiger partial charge in [-0.2, -0.15) is 26.3 Å². The second-order valence-corrected chi connectivity index (χ2v) is 10.6. The molecule has 256 valence electrons. The average Bonchev–Trinajstić information content (AvgIpc) is 3.67. The molecule has 2 aromatic carbocycles. The van der Waals surface area contributed by atoms with Gasteiger partial charge >= 0.3 is 18.3 Å². The molecular formula is C33H31F6N3O6. The van der Waals surface area contributed by atoms with Crippen LogP contribution < -0.4 is 0 Å². The summed E-state index contributed by atoms with van der Waals surface area (Å²) in [6, 6.07) is 9.25. The highest BCUT2D eigenvalue weighted by Crippen LogP contribution is 2.30. The quantitative estimate of drug-likeness (QED) is 0.0951. The van der Waals surface area contributed by atoms with E-state index in [1.807, 2.05) is 0 Å². The summed E-state index contributed by atoms with van der Waals surface area (Å²) in [5, 5.41) is 0. The molecule has 0 radical (unpaired) electrons. The predicted octanol–water partition coefficient (Wildman–Crippen LogP) is 7.25. The maximum atomic E-state index is 12.8. The van der Waals surface area contributed by atoms with Crippen molar-refractivity contribution in [2.24, 2.45) is 0 Å². The summed E-state index contributed by atoms with van der Waals surface area (Å²) >= 11 is 0. The summed E-state index contributed by atoms with van der Waals surface area (Å²) in [6.07, 6.45) is -0.761. The fourth-order valence-electron chi connectivity index (χ4n) is 4.02. The van der Waals surface area contributed by atoms with E-state index in [1.54, 1.807) is 31.1 Å². The van der Waals surface area contributed by atoms with Crippen molar-refractivity contribution in [3.05, 3.63) is 106 Å². The Bertz CT molecular complexity index is 1550. The number of alkyl halides is 6. The Morgan fingerprint density at radius 2 is 1.15 bits per heavy atom. The number of carbonyl (C=O) groups excluding carboxylic acids is 1. The van der Waals surface area contributed by atoms with Gasteiger partial charge in [0.15, 0.2) is 0 Å². The second-order valence-electron chi connectivity index (χ2n) is 10.6. The summed E-state index contributed by atoms with van der Waals surface area (Å²) in [7, 11) is 3.43. The third-order valence-corrected chi connectivity index (χ3v) is 6.30. The fraction of sp³-hybridized carbons (Fsp3) is 0.303. The van der Waals surface area contributed by atoms with E-state index in [2.05, 4.69) is 9.97 Å². The molecule has 48 heavy (non-hydrogen) atoms. The number of carbonyl (C=O) groups is 1. The fourth-order valence-corrected chi connectivity index (χ4v) is 4.02. The van der Waals surface area contributed by atoms with E-state index in [9.17, 15) is 31.1 Å². The molecule has 0 aliphatic carbocycles. The van der Waals surface area contributed by atoms with E-state index in [0.29, 0.717) is 22.5 Å². The minimum absolute atomic E-state index is 0.0112. The number of halogens is 6. The molecule has 0 aliphatic rings. The topological polar surface area (TPSA) is 100 Å². The minimum atomic E-state index is -4.42. The summed E-state index contributed by atoms with van der Waals surface area (Å²) in [4.78, 5) is 22.5. The highest BCUT2D eigenvalue weighted by molar-refractivity contribution is 5.71. The van der Waals surface area contributed by atoms with Crippen LogP contribution in [0.1, 0.15) is 45.4 Å². The van der Waals surface area contributed by atoms with Gasteiger partial charge in [0.1, 0.15) is 30.0 Å². The Labute approximate surface area is 271 Å². The van der Waals surface area contributed by atoms with Crippen LogP contribution in [0.4, 0.5) is 26.3 Å². The Morgan fingerprint density at radius 3 is 1.52 bits per heavy atom. The van der Waals surface area contributed by atoms with Crippen molar-refractivity contribution in [3.8, 4) is 0 Å². The normalized spacial score (nSPS) is 12.6. The molecule has 0 atom stereocenters. The standard InChI is InChI=1S/C33H31F6N3O6/c1-42(2)15-31(43)48-28(20-44-16-26-18-46-29(40-26)13-7-22-3-9-24(10-4-22)32(34,35)36)21-45-17-27-19-47-30(41-27)14-8-23-5-11-25(12-6-23)33(37,38)39/h3-14,18-19,28H,15-17,20-21H2,1-2H3/b13-7+,14-8+. The van der Waals surface area contributed by atoms with Gasteiger partial charge in [0.2, 0.25) is 11.8 Å². The lowest BCUT2D eigenvalue weighted by molar-refractivity contribution is -0.157. The lowest BCUT2D eigenvalue weighted by Crippen LogP contribution is -2.33. The van der Waals surface area contributed by atoms with Crippen LogP contribution in [0.3, 0.4) is 0 Å². The Balaban J connectivity index is 1.26. The van der Waals surface area contributed by atoms with Gasteiger partial charge in [-0.3, -0.25) is 9.69 Å². The predicted molar refractivity (Wildman–Crippen MR) is 161 cm³/mol. The maximum absolute atomic E-state index is 12.8. The van der Waals surface area contributed by atoms with Crippen LogP contribution in [0, 0.1) is 0 Å². The number of ether oxygens (including phenoxy) is 3. The number of likely N-dealkylation sites (N-methyl/N-ethyl adjacent to an activating group) is 1. The lowest BCUT2D eigenvalue weighted by Gasteiger charge is -2.19. The van der Waals surface area contributed by atoms with Crippen LogP contribution in [-0.2, 0) is 44.6 Å². The van der Waals surface area contributed by atoms with Gasteiger partial charge < -0.3 is 23.0 Å². The molecule has 0 saturated heterocycles. The van der Waals surface area contributed by atoms with Crippen molar-refractivity contribution in [1.82, 2.24) is 14.9 Å². The van der Waals surface area contributed by atoms with Gasteiger partial charge in [-0.25, -0.2) is 9.97 Å². The SMILES string of the molecule is CN(C)CC(=O)OC(COCc1coc(/C=C/c2ccc(C(F)(F)F)cc2)n1)COCc1coc(/C=C/c2ccc(C(F)(F)F)cc2)n1. The molecule has 0 saturated carbocycles. The number of esters is 1. The number of oxazole rings is 2. The van der Waals surface area contributed by atoms with Crippen LogP contribution in [-0.4, -0.2) is 60.8 Å². The first kappa shape index (κ1) is 36.1. The summed E-state index contributed by atoms with van der Waals surface area (Å²) in [5.74, 6) is -0.0644. The first-order valence-corrected chi connectivity index (χ1v) is 14.3. The average molecular weight is 680 g/mol. The second kappa shape index (κ2) is 16.4. The lowest BCUT2D eigenvalue weighted by atomic mass is 10.1. The molecule has 2 heterocycles. The van der Waals surface area contributed by atoms with Gasteiger partial charge in [-0.15, -0.1) is 0 Å². The zero-order chi connectivity index (χ0) is 34.7. The number of nitrogens with zero attached hydrogens (tertiary/aromatic N) is 3. The van der Waals surface area contributed by atoms with Crippen molar-refractivity contribution < 1.29 is 54.2 Å². The van der Waals surface area contributed by atoms with Crippen molar-refractivity contribution >= 4 is 30.3 Å². The third kappa shape index (κ3) is 11.8. The maximum Gasteiger partial charge on any atom is 0.416 e. The van der Waals surface area contributed by atoms with E-state index >= 15 is 0 Å². The van der Waals surface area contributed by atoms with E-state index in [0.717, 1.165) is 24.3 Å². The van der Waals surface area contributed by atoms with Gasteiger partial charge in [-0.1, -0.05) is 24.3 Å². The molecule has 9 nitrogen and oxygen atoms in total. The zero-order valence-corrected chi connectivity index (χ0v) is 25.8. The van der Waals surface area contributed by atoms with Crippen molar-refractivity contribution in [2.75, 3.05) is 33.9 Å². The number of hydrogen-bond donors (Lipinski definition) is 0. The van der Waals surface area contributed by atoms with Crippen LogP contribution >= 0.6 is 0 Å². The van der Waals surface area contributed by atoms with Gasteiger partial charge in [0, 0.05) is 12.2 Å². The number of hydrogen-bond acceptors (Lipinski definition) is 9. The Morgan fingerprint density at radius 1 is 0.729 bits per heavy atom. The molecule has 0 spiro atoms. The summed E-state index contributed by atoms with van der Waals surface area (Å²) < 4.78 is 104. The Kier molecular flexibility index (Phi) is 12.3. The van der Waals surface area contributed by atoms with Gasteiger partial charge in [-0.05, 0) is 61.6 Å². The highest BCUT2D eigenvalue weighted by atomic mass is 19.4. The van der Waals surface area contributed by atoms with E-state index < -0.39 is 35.6 Å². The van der Waals surface area contributed by atoms with Crippen LogP contribution in [0.15, 0.2) is 69.9 Å². The largest absolute Gasteiger partial charge is 0.456 e. The molecule has 0 bridgehead atoms. The highest BCUT2D eigenvalue weighted by Gasteiger charge is 2.30. The molecule has 0 aliphatic heterocycles. The van der Waals surface area contributed by atoms with Crippen molar-refractivity contribution in [2.45, 2.75) is 31.7 Å². The van der Waals surface area contributed by atoms with Crippen LogP contribution in [0.2, 0.25) is 0 Å². The van der Waals surface area contributed by atoms with E-state index in [4.69, 9.17) is 23.0 Å². The van der Waals surface area contributed by atoms with E-state index in [-0.39, 0.29) is 44.8 Å². The van der Waals surface area contributed by atoms with E-state index in [1.165, 1.54) is 48.9 Å². The Hall–Kier alpha value is -4.73. The van der Waals surface area contributed by atoms with Gasteiger partial charge in [0.25, 0.3) is 0 Å². The summed E-state index contributed by atoms with van der Waals surface area (Å²) in [5.41, 5.74) is 0.421. The monoisotopic (exact) mass is 679 g/mol. The van der Waals surface area contributed by atoms with Crippen LogP contribution in [0.5, 0.6) is 0 Å². The van der Waals surface area contributed by atoms with Crippen molar-refractivity contribution in [3.63, 3.8) is 0 Å². The smallest absolute Gasteiger partial charge is 0.416 e. The number of aromatic nitrogens is 2. The molecule has 4 rings (SSSR count). The first-order valence-electron chi connectivity index (χ1n) is 14.3. The zero-order valence-electron chi connectivity index (χ0n) is 25.8. The molecule has 0 unspecified atom stereocenters. The summed E-state index contributed by atoms with van der Waals surface area (Å²) in [6.45, 7) is -0.0216. The van der Waals surface area contributed by atoms with Crippen molar-refractivity contribution in [1.29, 1.82) is 0 Å². The third-order valence-electron chi connectivity index (χ3n) is 6.30. The molecule has 0 amide bonds. The molecule has 0 fully saturated rings. The molecule has 2 aromatic heterocycles. The number of rotatable bonds is 15. The molecule has 0 N–H and O–H groups in total. The molecule has 15 heteroatoms. The minimum Gasteiger partial charge on any atom is -0.456 e. The number of benzene rings is 2. The first-order chi connectivity index (χ1) is 22.7. The molecule has 4 aromatic rings.